The Hall–Kier alpha value is -3.31. The molecule has 0 radical (unpaired) electrons. The van der Waals surface area contributed by atoms with Gasteiger partial charge in [0.15, 0.2) is 0 Å². The minimum Gasteiger partial charge on any atom is -0.404 e. The van der Waals surface area contributed by atoms with Gasteiger partial charge < -0.3 is 4.74 Å². The molecule has 0 aliphatic carbocycles. The molecular weight excluding hydrogens is 505 g/mol. The zero-order chi connectivity index (χ0) is 26.1. The highest BCUT2D eigenvalue weighted by Crippen LogP contribution is 2.40. The number of Topliss-reactive ketones (excluding diaryl/α,β-unsaturated/α-hetero) is 1. The summed E-state index contributed by atoms with van der Waals surface area (Å²) >= 11 is 0. The summed E-state index contributed by atoms with van der Waals surface area (Å²) in [7, 11) is -4.61. The third-order valence-electron chi connectivity index (χ3n) is 5.92. The molecule has 1 atom stereocenters. The smallest absolute Gasteiger partial charge is 0.404 e. The Morgan fingerprint density at radius 1 is 0.861 bits per heavy atom. The normalized spacial score (nSPS) is 17.4. The molecule has 0 bridgehead atoms. The standard InChI is InChI=1S/C25H20F5NO4S/c26-18-9-5-16(6-10-18)24(17-7-11-19(27)12-8-17)21-15-20(32)13-14-31(21)36(33,34)23-4-2-1-3-22(23)35-25(28,29)30/h1-12,21,24H,13-15H2. The third kappa shape index (κ3) is 5.57. The molecule has 3 aromatic carbocycles. The van der Waals surface area contributed by atoms with Gasteiger partial charge in [-0.3, -0.25) is 4.79 Å². The van der Waals surface area contributed by atoms with E-state index in [1.165, 1.54) is 60.7 Å². The number of nitrogens with zero attached hydrogens (tertiary/aromatic N) is 1. The second-order valence-corrected chi connectivity index (χ2v) is 10.1. The van der Waals surface area contributed by atoms with Crippen LogP contribution in [0.5, 0.6) is 5.75 Å². The van der Waals surface area contributed by atoms with Crippen molar-refractivity contribution in [3.8, 4) is 5.75 Å². The fraction of sp³-hybridized carbons (Fsp3) is 0.240. The average molecular weight is 525 g/mol. The van der Waals surface area contributed by atoms with E-state index in [1.807, 2.05) is 0 Å². The lowest BCUT2D eigenvalue weighted by molar-refractivity contribution is -0.275. The first-order valence-electron chi connectivity index (χ1n) is 10.8. The summed E-state index contributed by atoms with van der Waals surface area (Å²) in [4.78, 5) is 11.8. The first-order valence-corrected chi connectivity index (χ1v) is 12.3. The van der Waals surface area contributed by atoms with Crippen LogP contribution < -0.4 is 4.74 Å². The van der Waals surface area contributed by atoms with Gasteiger partial charge >= 0.3 is 6.36 Å². The number of halogens is 5. The van der Waals surface area contributed by atoms with Crippen LogP contribution in [0, 0.1) is 11.6 Å². The van der Waals surface area contributed by atoms with Gasteiger partial charge in [-0.1, -0.05) is 36.4 Å². The van der Waals surface area contributed by atoms with Crippen LogP contribution in [0.1, 0.15) is 29.9 Å². The van der Waals surface area contributed by atoms with Crippen LogP contribution in [0.2, 0.25) is 0 Å². The van der Waals surface area contributed by atoms with Crippen molar-refractivity contribution in [2.45, 2.75) is 36.1 Å². The first-order chi connectivity index (χ1) is 17.0. The van der Waals surface area contributed by atoms with Crippen LogP contribution in [0.4, 0.5) is 22.0 Å². The van der Waals surface area contributed by atoms with Crippen molar-refractivity contribution >= 4 is 15.8 Å². The minimum atomic E-state index is -5.13. The summed E-state index contributed by atoms with van der Waals surface area (Å²) in [6.07, 6.45) is -5.52. The van der Waals surface area contributed by atoms with E-state index >= 15 is 0 Å². The molecule has 3 aromatic rings. The number of hydrogen-bond donors (Lipinski definition) is 0. The molecule has 1 heterocycles. The lowest BCUT2D eigenvalue weighted by Crippen LogP contribution is -2.49. The largest absolute Gasteiger partial charge is 0.573 e. The zero-order valence-electron chi connectivity index (χ0n) is 18.6. The Kier molecular flexibility index (Phi) is 7.14. The number of alkyl halides is 3. The Morgan fingerprint density at radius 3 is 1.92 bits per heavy atom. The molecule has 190 valence electrons. The van der Waals surface area contributed by atoms with Crippen LogP contribution in [0.25, 0.3) is 0 Å². The number of carbonyl (C=O) groups excluding carboxylic acids is 1. The van der Waals surface area contributed by atoms with Crippen LogP contribution in [-0.2, 0) is 14.8 Å². The molecule has 0 spiro atoms. The highest BCUT2D eigenvalue weighted by Gasteiger charge is 2.43. The molecule has 0 amide bonds. The van der Waals surface area contributed by atoms with E-state index in [4.69, 9.17) is 0 Å². The molecular formula is C25H20F5NO4S. The molecule has 0 saturated carbocycles. The molecule has 11 heteroatoms. The SMILES string of the molecule is O=C1CCN(S(=O)(=O)c2ccccc2OC(F)(F)F)C(C(c2ccc(F)cc2)c2ccc(F)cc2)C1. The average Bonchev–Trinajstić information content (AvgIpc) is 2.81. The Morgan fingerprint density at radius 2 is 1.39 bits per heavy atom. The summed E-state index contributed by atoms with van der Waals surface area (Å²) in [5.74, 6) is -3.08. The van der Waals surface area contributed by atoms with Gasteiger partial charge in [0.2, 0.25) is 10.0 Å². The number of carbonyl (C=O) groups is 1. The minimum absolute atomic E-state index is 0.141. The molecule has 4 rings (SSSR count). The van der Waals surface area contributed by atoms with E-state index in [2.05, 4.69) is 4.74 Å². The van der Waals surface area contributed by atoms with Crippen LogP contribution >= 0.6 is 0 Å². The number of hydrogen-bond acceptors (Lipinski definition) is 4. The van der Waals surface area contributed by atoms with Crippen molar-refractivity contribution in [2.75, 3.05) is 6.54 Å². The predicted octanol–water partition coefficient (Wildman–Crippen LogP) is 5.42. The molecule has 0 aromatic heterocycles. The maximum Gasteiger partial charge on any atom is 0.573 e. The van der Waals surface area contributed by atoms with Crippen molar-refractivity contribution in [2.24, 2.45) is 0 Å². The van der Waals surface area contributed by atoms with Crippen LogP contribution in [-0.4, -0.2) is 37.5 Å². The third-order valence-corrected chi connectivity index (χ3v) is 7.89. The van der Waals surface area contributed by atoms with Gasteiger partial charge in [0.25, 0.3) is 0 Å². The van der Waals surface area contributed by atoms with Gasteiger partial charge in [-0.25, -0.2) is 17.2 Å². The number of rotatable bonds is 6. The number of ketones is 1. The highest BCUT2D eigenvalue weighted by atomic mass is 32.2. The van der Waals surface area contributed by atoms with E-state index in [0.717, 1.165) is 16.4 Å². The van der Waals surface area contributed by atoms with Gasteiger partial charge in [0.1, 0.15) is 28.1 Å². The van der Waals surface area contributed by atoms with Crippen molar-refractivity contribution in [1.29, 1.82) is 0 Å². The summed E-state index contributed by atoms with van der Waals surface area (Å²) in [5.41, 5.74) is 0.894. The van der Waals surface area contributed by atoms with E-state index in [0.29, 0.717) is 11.1 Å². The summed E-state index contributed by atoms with van der Waals surface area (Å²) in [5, 5.41) is 0. The van der Waals surface area contributed by atoms with Crippen molar-refractivity contribution in [1.82, 2.24) is 4.31 Å². The van der Waals surface area contributed by atoms with Gasteiger partial charge in [0, 0.05) is 31.3 Å². The Balaban J connectivity index is 1.85. The quantitative estimate of drug-likeness (QED) is 0.404. The molecule has 1 unspecified atom stereocenters. The Labute approximate surface area is 204 Å². The molecule has 1 aliphatic rings. The van der Waals surface area contributed by atoms with E-state index in [9.17, 15) is 35.2 Å². The monoisotopic (exact) mass is 525 g/mol. The Bertz CT molecular complexity index is 1300. The highest BCUT2D eigenvalue weighted by molar-refractivity contribution is 7.89. The summed E-state index contributed by atoms with van der Waals surface area (Å²) < 4.78 is 98.7. The molecule has 5 nitrogen and oxygen atoms in total. The molecule has 1 saturated heterocycles. The molecule has 1 aliphatic heterocycles. The predicted molar refractivity (Wildman–Crippen MR) is 120 cm³/mol. The molecule has 1 fully saturated rings. The number of sulfonamides is 1. The fourth-order valence-corrected chi connectivity index (χ4v) is 6.15. The number of ether oxygens (including phenoxy) is 1. The lowest BCUT2D eigenvalue weighted by atomic mass is 9.81. The van der Waals surface area contributed by atoms with E-state index < -0.39 is 50.6 Å². The number of para-hydroxylation sites is 1. The maximum absolute atomic E-state index is 13.7. The van der Waals surface area contributed by atoms with Crippen molar-refractivity contribution in [3.05, 3.63) is 95.6 Å². The zero-order valence-corrected chi connectivity index (χ0v) is 19.4. The molecule has 0 N–H and O–H groups in total. The lowest BCUT2D eigenvalue weighted by Gasteiger charge is -2.39. The molecule has 36 heavy (non-hydrogen) atoms. The van der Waals surface area contributed by atoms with E-state index in [-0.39, 0.29) is 25.2 Å². The van der Waals surface area contributed by atoms with Crippen molar-refractivity contribution in [3.63, 3.8) is 0 Å². The fourth-order valence-electron chi connectivity index (χ4n) is 4.40. The summed E-state index contributed by atoms with van der Waals surface area (Å²) in [6.45, 7) is -0.287. The van der Waals surface area contributed by atoms with Crippen LogP contribution in [0.15, 0.2) is 77.7 Å². The topological polar surface area (TPSA) is 63.7 Å². The van der Waals surface area contributed by atoms with E-state index in [1.54, 1.807) is 0 Å². The van der Waals surface area contributed by atoms with Crippen LogP contribution in [0.3, 0.4) is 0 Å². The van der Waals surface area contributed by atoms with Gasteiger partial charge in [-0.15, -0.1) is 13.2 Å². The number of benzene rings is 3. The summed E-state index contributed by atoms with van der Waals surface area (Å²) in [6, 6.07) is 13.6. The van der Waals surface area contributed by atoms with Gasteiger partial charge in [-0.2, -0.15) is 4.31 Å². The first kappa shape index (κ1) is 25.8. The van der Waals surface area contributed by atoms with Gasteiger partial charge in [0.05, 0.1) is 0 Å². The maximum atomic E-state index is 13.7. The van der Waals surface area contributed by atoms with Gasteiger partial charge in [-0.05, 0) is 47.5 Å². The number of piperidine rings is 1. The second-order valence-electron chi connectivity index (χ2n) is 8.25. The van der Waals surface area contributed by atoms with Crippen molar-refractivity contribution < 1.29 is 39.9 Å². The second kappa shape index (κ2) is 9.98.